The largest absolute Gasteiger partial charge is 0.357 e. The minimum atomic E-state index is 0.596. The van der Waals surface area contributed by atoms with Crippen LogP contribution in [0.25, 0.3) is 0 Å². The second-order valence-electron chi connectivity index (χ2n) is 5.20. The molecule has 112 valence electrons. The van der Waals surface area contributed by atoms with Crippen molar-refractivity contribution in [2.45, 2.75) is 32.7 Å². The number of rotatable bonds is 6. The van der Waals surface area contributed by atoms with Crippen molar-refractivity contribution in [3.05, 3.63) is 11.2 Å². The topological polar surface area (TPSA) is 44.3 Å². The van der Waals surface area contributed by atoms with Crippen molar-refractivity contribution in [1.29, 1.82) is 0 Å². The SMILES string of the molecule is CCNc1ncc(Cl)c(N(C)CC2CCCN2CC)n1. The number of hydrogen-bond donors (Lipinski definition) is 1. The van der Waals surface area contributed by atoms with Gasteiger partial charge in [0, 0.05) is 26.2 Å². The molecule has 1 aliphatic rings. The van der Waals surface area contributed by atoms with Gasteiger partial charge >= 0.3 is 0 Å². The predicted octanol–water partition coefficient (Wildman–Crippen LogP) is 2.48. The zero-order valence-electron chi connectivity index (χ0n) is 12.6. The summed E-state index contributed by atoms with van der Waals surface area (Å²) in [6.45, 7) is 8.32. The lowest BCUT2D eigenvalue weighted by Crippen LogP contribution is -2.39. The van der Waals surface area contributed by atoms with E-state index >= 15 is 0 Å². The molecule has 5 nitrogen and oxygen atoms in total. The summed E-state index contributed by atoms with van der Waals surface area (Å²) in [6.07, 6.45) is 4.21. The number of nitrogens with one attached hydrogen (secondary N) is 1. The average Bonchev–Trinajstić information content (AvgIpc) is 2.88. The van der Waals surface area contributed by atoms with Crippen molar-refractivity contribution in [3.8, 4) is 0 Å². The third-order valence-electron chi connectivity index (χ3n) is 3.81. The van der Waals surface area contributed by atoms with Gasteiger partial charge in [0.05, 0.1) is 6.20 Å². The molecular weight excluding hydrogens is 274 g/mol. The Kier molecular flexibility index (Phi) is 5.43. The van der Waals surface area contributed by atoms with Gasteiger partial charge in [0.25, 0.3) is 0 Å². The second kappa shape index (κ2) is 7.09. The van der Waals surface area contributed by atoms with Gasteiger partial charge in [0.15, 0.2) is 5.82 Å². The van der Waals surface area contributed by atoms with Gasteiger partial charge in [-0.05, 0) is 32.9 Å². The van der Waals surface area contributed by atoms with E-state index in [1.165, 1.54) is 19.4 Å². The zero-order valence-corrected chi connectivity index (χ0v) is 13.3. The Labute approximate surface area is 126 Å². The van der Waals surface area contributed by atoms with E-state index in [9.17, 15) is 0 Å². The number of anilines is 2. The third-order valence-corrected chi connectivity index (χ3v) is 4.08. The lowest BCUT2D eigenvalue weighted by Gasteiger charge is -2.28. The normalized spacial score (nSPS) is 19.3. The monoisotopic (exact) mass is 297 g/mol. The molecule has 2 rings (SSSR count). The van der Waals surface area contributed by atoms with Crippen LogP contribution in [0.5, 0.6) is 0 Å². The first-order valence-corrected chi connectivity index (χ1v) is 7.75. The van der Waals surface area contributed by atoms with Crippen LogP contribution in [0.15, 0.2) is 6.20 Å². The van der Waals surface area contributed by atoms with Crippen molar-refractivity contribution < 1.29 is 0 Å². The van der Waals surface area contributed by atoms with E-state index in [1.807, 2.05) is 6.92 Å². The molecule has 0 aliphatic carbocycles. The maximum Gasteiger partial charge on any atom is 0.224 e. The Morgan fingerprint density at radius 3 is 3.00 bits per heavy atom. The van der Waals surface area contributed by atoms with Crippen LogP contribution in [0, 0.1) is 0 Å². The summed E-state index contributed by atoms with van der Waals surface area (Å²) < 4.78 is 0. The maximum absolute atomic E-state index is 6.24. The van der Waals surface area contributed by atoms with Crippen LogP contribution in [0.3, 0.4) is 0 Å². The Bertz CT molecular complexity index is 440. The number of likely N-dealkylation sites (tertiary alicyclic amines) is 1. The highest BCUT2D eigenvalue weighted by atomic mass is 35.5. The molecule has 1 aromatic rings. The fourth-order valence-corrected chi connectivity index (χ4v) is 3.03. The first-order chi connectivity index (χ1) is 9.65. The predicted molar refractivity (Wildman–Crippen MR) is 84.7 cm³/mol. The highest BCUT2D eigenvalue weighted by molar-refractivity contribution is 6.32. The van der Waals surface area contributed by atoms with Crippen molar-refractivity contribution in [1.82, 2.24) is 14.9 Å². The molecular formula is C14H24ClN5. The third kappa shape index (κ3) is 3.52. The minimum absolute atomic E-state index is 0.596. The lowest BCUT2D eigenvalue weighted by atomic mass is 10.2. The molecule has 1 atom stereocenters. The number of likely N-dealkylation sites (N-methyl/N-ethyl adjacent to an activating group) is 2. The highest BCUT2D eigenvalue weighted by Crippen LogP contribution is 2.25. The van der Waals surface area contributed by atoms with Crippen LogP contribution in [0.4, 0.5) is 11.8 Å². The van der Waals surface area contributed by atoms with Crippen LogP contribution < -0.4 is 10.2 Å². The molecule has 2 heterocycles. The molecule has 0 aromatic carbocycles. The number of nitrogens with zero attached hydrogens (tertiary/aromatic N) is 4. The summed E-state index contributed by atoms with van der Waals surface area (Å²) in [5, 5.41) is 3.73. The molecule has 6 heteroatoms. The summed E-state index contributed by atoms with van der Waals surface area (Å²) >= 11 is 6.24. The smallest absolute Gasteiger partial charge is 0.224 e. The van der Waals surface area contributed by atoms with Crippen LogP contribution in [-0.2, 0) is 0 Å². The van der Waals surface area contributed by atoms with Gasteiger partial charge in [-0.3, -0.25) is 4.90 Å². The van der Waals surface area contributed by atoms with Gasteiger partial charge in [-0.25, -0.2) is 4.98 Å². The maximum atomic E-state index is 6.24. The number of halogens is 1. The molecule has 0 radical (unpaired) electrons. The fraction of sp³-hybridized carbons (Fsp3) is 0.714. The van der Waals surface area contributed by atoms with Gasteiger partial charge < -0.3 is 10.2 Å². The molecule has 1 saturated heterocycles. The first kappa shape index (κ1) is 15.3. The van der Waals surface area contributed by atoms with E-state index in [1.54, 1.807) is 6.20 Å². The summed E-state index contributed by atoms with van der Waals surface area (Å²) in [4.78, 5) is 13.4. The Balaban J connectivity index is 2.07. The Hall–Kier alpha value is -1.07. The van der Waals surface area contributed by atoms with Crippen LogP contribution in [0.1, 0.15) is 26.7 Å². The van der Waals surface area contributed by atoms with Gasteiger partial charge in [0.2, 0.25) is 5.95 Å². The van der Waals surface area contributed by atoms with Crippen molar-refractivity contribution in [3.63, 3.8) is 0 Å². The Morgan fingerprint density at radius 1 is 1.50 bits per heavy atom. The molecule has 1 unspecified atom stereocenters. The first-order valence-electron chi connectivity index (χ1n) is 7.37. The summed E-state index contributed by atoms with van der Waals surface area (Å²) in [7, 11) is 2.05. The molecule has 1 aliphatic heterocycles. The van der Waals surface area contributed by atoms with E-state index in [0.29, 0.717) is 17.0 Å². The molecule has 1 aromatic heterocycles. The molecule has 0 amide bonds. The molecule has 1 fully saturated rings. The molecule has 0 bridgehead atoms. The van der Waals surface area contributed by atoms with Crippen LogP contribution >= 0.6 is 11.6 Å². The molecule has 1 N–H and O–H groups in total. The summed E-state index contributed by atoms with van der Waals surface area (Å²) in [5.41, 5.74) is 0. The van der Waals surface area contributed by atoms with Gasteiger partial charge in [-0.2, -0.15) is 4.98 Å². The highest BCUT2D eigenvalue weighted by Gasteiger charge is 2.25. The van der Waals surface area contributed by atoms with Gasteiger partial charge in [0.1, 0.15) is 5.02 Å². The molecule has 0 saturated carbocycles. The standard InChI is InChI=1S/C14H24ClN5/c1-4-16-14-17-9-12(15)13(18-14)19(3)10-11-7-6-8-20(11)5-2/h9,11H,4-8,10H2,1-3H3,(H,16,17,18). The van der Waals surface area contributed by atoms with Gasteiger partial charge in [-0.15, -0.1) is 0 Å². The van der Waals surface area contributed by atoms with Crippen molar-refractivity contribution in [2.24, 2.45) is 0 Å². The lowest BCUT2D eigenvalue weighted by molar-refractivity contribution is 0.270. The number of hydrogen-bond acceptors (Lipinski definition) is 5. The summed E-state index contributed by atoms with van der Waals surface area (Å²) in [6, 6.07) is 0.596. The quantitative estimate of drug-likeness (QED) is 0.874. The van der Waals surface area contributed by atoms with Crippen molar-refractivity contribution in [2.75, 3.05) is 43.4 Å². The number of aromatic nitrogens is 2. The molecule has 0 spiro atoms. The summed E-state index contributed by atoms with van der Waals surface area (Å²) in [5.74, 6) is 1.44. The van der Waals surface area contributed by atoms with E-state index in [4.69, 9.17) is 11.6 Å². The minimum Gasteiger partial charge on any atom is -0.357 e. The van der Waals surface area contributed by atoms with E-state index in [-0.39, 0.29) is 0 Å². The van der Waals surface area contributed by atoms with E-state index in [2.05, 4.69) is 39.1 Å². The second-order valence-corrected chi connectivity index (χ2v) is 5.61. The van der Waals surface area contributed by atoms with E-state index in [0.717, 1.165) is 25.5 Å². The van der Waals surface area contributed by atoms with Crippen LogP contribution in [0.2, 0.25) is 5.02 Å². The van der Waals surface area contributed by atoms with Crippen molar-refractivity contribution >= 4 is 23.4 Å². The Morgan fingerprint density at radius 2 is 2.30 bits per heavy atom. The van der Waals surface area contributed by atoms with Crippen LogP contribution in [-0.4, -0.2) is 54.1 Å². The zero-order chi connectivity index (χ0) is 14.5. The average molecular weight is 298 g/mol. The van der Waals surface area contributed by atoms with E-state index < -0.39 is 0 Å². The molecule has 20 heavy (non-hydrogen) atoms. The van der Waals surface area contributed by atoms with Gasteiger partial charge in [-0.1, -0.05) is 18.5 Å². The fourth-order valence-electron chi connectivity index (χ4n) is 2.79.